The van der Waals surface area contributed by atoms with E-state index in [1.54, 1.807) is 6.07 Å². The third kappa shape index (κ3) is 2.02. The minimum Gasteiger partial charge on any atom is -0.454 e. The van der Waals surface area contributed by atoms with E-state index in [4.69, 9.17) is 15.2 Å². The Kier molecular flexibility index (Phi) is 2.84. The molecule has 3 rings (SSSR count). The molecule has 0 unspecified atom stereocenters. The van der Waals surface area contributed by atoms with Crippen LogP contribution < -0.4 is 15.2 Å². The van der Waals surface area contributed by atoms with Crippen molar-refractivity contribution in [2.75, 3.05) is 6.79 Å². The zero-order chi connectivity index (χ0) is 13.4. The van der Waals surface area contributed by atoms with Gasteiger partial charge in [-0.2, -0.15) is 0 Å². The van der Waals surface area contributed by atoms with Gasteiger partial charge in [-0.1, -0.05) is 6.07 Å². The molecule has 1 aliphatic rings. The van der Waals surface area contributed by atoms with E-state index in [9.17, 15) is 10.1 Å². The molecule has 0 saturated heterocycles. The predicted molar refractivity (Wildman–Crippen MR) is 69.6 cm³/mol. The third-order valence-electron chi connectivity index (χ3n) is 2.90. The van der Waals surface area contributed by atoms with Gasteiger partial charge >= 0.3 is 0 Å². The van der Waals surface area contributed by atoms with Crippen LogP contribution in [0.25, 0.3) is 0 Å². The molecule has 1 aromatic carbocycles. The maximum Gasteiger partial charge on any atom is 0.278 e. The van der Waals surface area contributed by atoms with E-state index < -0.39 is 11.0 Å². The van der Waals surface area contributed by atoms with Crippen LogP contribution in [0.4, 0.5) is 5.69 Å². The van der Waals surface area contributed by atoms with Crippen molar-refractivity contribution in [1.29, 1.82) is 0 Å². The number of benzene rings is 1. The van der Waals surface area contributed by atoms with Gasteiger partial charge < -0.3 is 15.2 Å². The van der Waals surface area contributed by atoms with Crippen LogP contribution in [0, 0.1) is 10.1 Å². The van der Waals surface area contributed by atoms with E-state index in [-0.39, 0.29) is 12.5 Å². The van der Waals surface area contributed by atoms with Crippen molar-refractivity contribution < 1.29 is 14.4 Å². The Morgan fingerprint density at radius 3 is 2.74 bits per heavy atom. The summed E-state index contributed by atoms with van der Waals surface area (Å²) in [7, 11) is 0. The minimum atomic E-state index is -0.546. The van der Waals surface area contributed by atoms with E-state index in [0.717, 1.165) is 4.88 Å². The lowest BCUT2D eigenvalue weighted by Gasteiger charge is -2.11. The third-order valence-corrected chi connectivity index (χ3v) is 3.86. The first kappa shape index (κ1) is 11.9. The summed E-state index contributed by atoms with van der Waals surface area (Å²) in [5, 5.41) is 13.0. The smallest absolute Gasteiger partial charge is 0.278 e. The average molecular weight is 278 g/mol. The fourth-order valence-electron chi connectivity index (χ4n) is 1.98. The van der Waals surface area contributed by atoms with Crippen LogP contribution in [-0.2, 0) is 0 Å². The van der Waals surface area contributed by atoms with Crippen LogP contribution >= 0.6 is 11.3 Å². The van der Waals surface area contributed by atoms with Gasteiger partial charge in [-0.05, 0) is 17.5 Å². The number of hydrogen-bond donors (Lipinski definition) is 1. The summed E-state index contributed by atoms with van der Waals surface area (Å²) in [4.78, 5) is 11.6. The van der Waals surface area contributed by atoms with Crippen molar-refractivity contribution >= 4 is 17.0 Å². The quantitative estimate of drug-likeness (QED) is 0.688. The molecular weight excluding hydrogens is 268 g/mol. The average Bonchev–Trinajstić information content (AvgIpc) is 3.06. The van der Waals surface area contributed by atoms with E-state index in [1.165, 1.54) is 17.4 Å². The van der Waals surface area contributed by atoms with Crippen LogP contribution in [0.5, 0.6) is 11.5 Å². The number of nitro groups is 1. The molecule has 6 nitrogen and oxygen atoms in total. The lowest BCUT2D eigenvalue weighted by Crippen LogP contribution is -2.12. The van der Waals surface area contributed by atoms with Crippen LogP contribution in [-0.4, -0.2) is 11.7 Å². The fraction of sp³-hybridized carbons (Fsp3) is 0.167. The molecular formula is C12H10N2O4S. The van der Waals surface area contributed by atoms with E-state index in [2.05, 4.69) is 0 Å². The maximum atomic E-state index is 11.2. The first-order chi connectivity index (χ1) is 9.16. The van der Waals surface area contributed by atoms with Crippen LogP contribution in [0.15, 0.2) is 29.6 Å². The largest absolute Gasteiger partial charge is 0.454 e. The second kappa shape index (κ2) is 4.52. The Morgan fingerprint density at radius 2 is 2.11 bits per heavy atom. The molecule has 2 N–H and O–H groups in total. The van der Waals surface area contributed by atoms with Gasteiger partial charge in [0.05, 0.1) is 22.6 Å². The van der Waals surface area contributed by atoms with Gasteiger partial charge in [0.15, 0.2) is 11.5 Å². The SMILES string of the molecule is N[C@H](c1cccs1)c1cc2c(cc1[N+](=O)[O-])OCO2. The van der Waals surface area contributed by atoms with Crippen molar-refractivity contribution in [2.45, 2.75) is 6.04 Å². The molecule has 0 saturated carbocycles. The summed E-state index contributed by atoms with van der Waals surface area (Å²) in [5.41, 5.74) is 6.48. The molecule has 0 spiro atoms. The van der Waals surface area contributed by atoms with Crippen molar-refractivity contribution in [3.05, 3.63) is 50.2 Å². The summed E-state index contributed by atoms with van der Waals surface area (Å²) in [5.74, 6) is 0.876. The molecule has 1 atom stereocenters. The number of nitrogens with two attached hydrogens (primary N) is 1. The Bertz CT molecular complexity index is 627. The Labute approximate surface area is 112 Å². The van der Waals surface area contributed by atoms with Crippen molar-refractivity contribution in [1.82, 2.24) is 0 Å². The highest BCUT2D eigenvalue weighted by Gasteiger charge is 2.27. The number of hydrogen-bond acceptors (Lipinski definition) is 6. The molecule has 98 valence electrons. The first-order valence-electron chi connectivity index (χ1n) is 5.53. The van der Waals surface area contributed by atoms with E-state index in [0.29, 0.717) is 17.1 Å². The number of nitro benzene ring substituents is 1. The Balaban J connectivity index is 2.11. The zero-order valence-electron chi connectivity index (χ0n) is 9.74. The lowest BCUT2D eigenvalue weighted by molar-refractivity contribution is -0.385. The predicted octanol–water partition coefficient (Wildman–Crippen LogP) is 2.43. The van der Waals surface area contributed by atoms with Crippen molar-refractivity contribution in [3.8, 4) is 11.5 Å². The first-order valence-corrected chi connectivity index (χ1v) is 6.41. The molecule has 0 fully saturated rings. The van der Waals surface area contributed by atoms with Crippen LogP contribution in [0.1, 0.15) is 16.5 Å². The molecule has 0 aliphatic carbocycles. The summed E-state index contributed by atoms with van der Waals surface area (Å²) < 4.78 is 10.4. The number of fused-ring (bicyclic) bond motifs is 1. The lowest BCUT2D eigenvalue weighted by atomic mass is 10.0. The van der Waals surface area contributed by atoms with Crippen LogP contribution in [0.3, 0.4) is 0 Å². The normalized spacial score (nSPS) is 14.4. The molecule has 0 bridgehead atoms. The second-order valence-corrected chi connectivity index (χ2v) is 4.99. The summed E-state index contributed by atoms with van der Waals surface area (Å²) in [6.45, 7) is 0.0736. The highest BCUT2D eigenvalue weighted by atomic mass is 32.1. The van der Waals surface area contributed by atoms with Gasteiger partial charge in [0, 0.05) is 4.88 Å². The summed E-state index contributed by atoms with van der Waals surface area (Å²) in [6, 6.07) is 6.12. The zero-order valence-corrected chi connectivity index (χ0v) is 10.6. The number of ether oxygens (including phenoxy) is 2. The molecule has 1 aromatic heterocycles. The second-order valence-electron chi connectivity index (χ2n) is 4.01. The molecule has 7 heteroatoms. The molecule has 19 heavy (non-hydrogen) atoms. The number of rotatable bonds is 3. The fourth-order valence-corrected chi connectivity index (χ4v) is 2.72. The maximum absolute atomic E-state index is 11.2. The Hall–Kier alpha value is -2.12. The highest BCUT2D eigenvalue weighted by Crippen LogP contribution is 2.41. The Morgan fingerprint density at radius 1 is 1.37 bits per heavy atom. The molecule has 1 aliphatic heterocycles. The van der Waals surface area contributed by atoms with Gasteiger partial charge in [0.1, 0.15) is 0 Å². The molecule has 0 radical (unpaired) electrons. The standard InChI is InChI=1S/C12H10N2O4S/c13-12(11-2-1-3-19-11)7-4-9-10(18-6-17-9)5-8(7)14(15)16/h1-5,12H,6,13H2/t12-/m0/s1. The molecule has 2 aromatic rings. The topological polar surface area (TPSA) is 87.6 Å². The molecule has 2 heterocycles. The van der Waals surface area contributed by atoms with Gasteiger partial charge in [0.2, 0.25) is 6.79 Å². The highest BCUT2D eigenvalue weighted by molar-refractivity contribution is 7.10. The monoisotopic (exact) mass is 278 g/mol. The van der Waals surface area contributed by atoms with Gasteiger partial charge in [0.25, 0.3) is 5.69 Å². The summed E-state index contributed by atoms with van der Waals surface area (Å²) >= 11 is 1.46. The number of thiophene rings is 1. The molecule has 0 amide bonds. The van der Waals surface area contributed by atoms with Crippen molar-refractivity contribution in [2.24, 2.45) is 5.73 Å². The number of nitrogens with zero attached hydrogens (tertiary/aromatic N) is 1. The van der Waals surface area contributed by atoms with E-state index in [1.807, 2.05) is 17.5 Å². The summed E-state index contributed by atoms with van der Waals surface area (Å²) in [6.07, 6.45) is 0. The van der Waals surface area contributed by atoms with Gasteiger partial charge in [-0.15, -0.1) is 11.3 Å². The minimum absolute atomic E-state index is 0.0508. The van der Waals surface area contributed by atoms with Crippen LogP contribution in [0.2, 0.25) is 0 Å². The van der Waals surface area contributed by atoms with E-state index >= 15 is 0 Å². The van der Waals surface area contributed by atoms with Crippen molar-refractivity contribution in [3.63, 3.8) is 0 Å². The van der Waals surface area contributed by atoms with Gasteiger partial charge in [-0.25, -0.2) is 0 Å². The van der Waals surface area contributed by atoms with Gasteiger partial charge in [-0.3, -0.25) is 10.1 Å².